The molecule has 4 heteroatoms. The van der Waals surface area contributed by atoms with Gasteiger partial charge in [0.1, 0.15) is 5.75 Å². The van der Waals surface area contributed by atoms with Crippen LogP contribution >= 0.6 is 23.4 Å². The highest BCUT2D eigenvalue weighted by atomic mass is 35.5. The van der Waals surface area contributed by atoms with Crippen LogP contribution in [0.15, 0.2) is 18.2 Å². The topological polar surface area (TPSA) is 26.3 Å². The molecule has 0 N–H and O–H groups in total. The van der Waals surface area contributed by atoms with E-state index in [1.807, 2.05) is 0 Å². The monoisotopic (exact) mass is 258 g/mol. The van der Waals surface area contributed by atoms with Crippen LogP contribution in [-0.4, -0.2) is 23.9 Å². The number of benzene rings is 1. The summed E-state index contributed by atoms with van der Waals surface area (Å²) in [5, 5.41) is 0.931. The first-order valence-corrected chi connectivity index (χ1v) is 6.45. The van der Waals surface area contributed by atoms with Gasteiger partial charge in [0.2, 0.25) is 0 Å². The molecule has 0 aromatic heterocycles. The Bertz CT molecular complexity index is 377. The van der Waals surface area contributed by atoms with Crippen molar-refractivity contribution in [3.8, 4) is 5.75 Å². The van der Waals surface area contributed by atoms with E-state index < -0.39 is 0 Å². The summed E-state index contributed by atoms with van der Waals surface area (Å²) >= 11 is 7.58. The van der Waals surface area contributed by atoms with Gasteiger partial charge in [-0.3, -0.25) is 4.79 Å². The first kappa shape index (κ1) is 13.4. The summed E-state index contributed by atoms with van der Waals surface area (Å²) in [7, 11) is 1.55. The molecule has 0 fully saturated rings. The molecule has 1 rings (SSSR count). The van der Waals surface area contributed by atoms with Crippen molar-refractivity contribution in [3.63, 3.8) is 0 Å². The number of carbonyl (C=O) groups excluding carboxylic acids is 1. The Morgan fingerprint density at radius 2 is 2.19 bits per heavy atom. The summed E-state index contributed by atoms with van der Waals surface area (Å²) in [5.74, 6) is 1.18. The van der Waals surface area contributed by atoms with E-state index in [9.17, 15) is 4.79 Å². The zero-order valence-electron chi connectivity index (χ0n) is 9.62. The Morgan fingerprint density at radius 1 is 1.50 bits per heavy atom. The fraction of sp³-hybridized carbons (Fsp3) is 0.417. The van der Waals surface area contributed by atoms with E-state index in [0.29, 0.717) is 27.3 Å². The van der Waals surface area contributed by atoms with Gasteiger partial charge in [-0.25, -0.2) is 0 Å². The van der Waals surface area contributed by atoms with Gasteiger partial charge in [0.15, 0.2) is 5.78 Å². The van der Waals surface area contributed by atoms with Gasteiger partial charge in [-0.1, -0.05) is 25.4 Å². The molecule has 0 aliphatic rings. The fourth-order valence-corrected chi connectivity index (χ4v) is 2.07. The average Bonchev–Trinajstić information content (AvgIpc) is 2.25. The summed E-state index contributed by atoms with van der Waals surface area (Å²) in [6.45, 7) is 4.14. The minimum absolute atomic E-state index is 0.100. The quantitative estimate of drug-likeness (QED) is 0.754. The smallest absolute Gasteiger partial charge is 0.172 e. The Balaban J connectivity index is 2.73. The Hall–Kier alpha value is -0.670. The lowest BCUT2D eigenvalue weighted by molar-refractivity contribution is 0.102. The maximum absolute atomic E-state index is 11.8. The van der Waals surface area contributed by atoms with Crippen LogP contribution < -0.4 is 4.74 Å². The number of hydrogen-bond acceptors (Lipinski definition) is 3. The highest BCUT2D eigenvalue weighted by Crippen LogP contribution is 2.25. The molecule has 0 aliphatic carbocycles. The first-order chi connectivity index (χ1) is 7.54. The van der Waals surface area contributed by atoms with Crippen LogP contribution in [0.4, 0.5) is 0 Å². The van der Waals surface area contributed by atoms with Crippen molar-refractivity contribution < 1.29 is 9.53 Å². The molecule has 0 saturated heterocycles. The molecule has 16 heavy (non-hydrogen) atoms. The van der Waals surface area contributed by atoms with Crippen molar-refractivity contribution in [3.05, 3.63) is 28.8 Å². The maximum Gasteiger partial charge on any atom is 0.172 e. The minimum atomic E-state index is 0.100. The predicted octanol–water partition coefficient (Wildman–Crippen LogP) is 3.67. The summed E-state index contributed by atoms with van der Waals surface area (Å²) in [6.07, 6.45) is 0. The van der Waals surface area contributed by atoms with Crippen molar-refractivity contribution in [1.82, 2.24) is 0 Å². The van der Waals surface area contributed by atoms with E-state index in [4.69, 9.17) is 16.3 Å². The summed E-state index contributed by atoms with van der Waals surface area (Å²) in [6, 6.07) is 5.12. The van der Waals surface area contributed by atoms with Crippen molar-refractivity contribution in [2.75, 3.05) is 12.9 Å². The molecule has 2 nitrogen and oxygen atoms in total. The summed E-state index contributed by atoms with van der Waals surface area (Å²) < 4.78 is 5.03. The van der Waals surface area contributed by atoms with E-state index in [-0.39, 0.29) is 5.78 Å². The molecular formula is C12H15ClO2S. The Kier molecular flexibility index (Phi) is 5.16. The van der Waals surface area contributed by atoms with Gasteiger partial charge in [-0.05, 0) is 23.4 Å². The Labute approximate surface area is 105 Å². The minimum Gasteiger partial charge on any atom is -0.495 e. The molecule has 0 spiro atoms. The van der Waals surface area contributed by atoms with Crippen LogP contribution in [0.25, 0.3) is 0 Å². The van der Waals surface area contributed by atoms with E-state index in [0.717, 1.165) is 0 Å². The molecule has 0 unspecified atom stereocenters. The third kappa shape index (κ3) is 3.72. The number of ether oxygens (including phenoxy) is 1. The van der Waals surface area contributed by atoms with Crippen molar-refractivity contribution in [1.29, 1.82) is 0 Å². The van der Waals surface area contributed by atoms with Crippen molar-refractivity contribution >= 4 is 29.1 Å². The molecule has 0 aliphatic heterocycles. The van der Waals surface area contributed by atoms with Crippen LogP contribution in [0.1, 0.15) is 24.2 Å². The summed E-state index contributed by atoms with van der Waals surface area (Å²) in [4.78, 5) is 11.8. The number of halogens is 1. The molecule has 1 aromatic carbocycles. The van der Waals surface area contributed by atoms with Crippen molar-refractivity contribution in [2.45, 2.75) is 19.1 Å². The molecular weight excluding hydrogens is 244 g/mol. The summed E-state index contributed by atoms with van der Waals surface area (Å²) in [5.41, 5.74) is 0.638. The van der Waals surface area contributed by atoms with Gasteiger partial charge in [0.25, 0.3) is 0 Å². The van der Waals surface area contributed by atoms with Gasteiger partial charge >= 0.3 is 0 Å². The Morgan fingerprint density at radius 3 is 2.69 bits per heavy atom. The SMILES string of the molecule is COc1ccc(C(=O)CSC(C)C)cc1Cl. The van der Waals surface area contributed by atoms with Crippen LogP contribution in [0.5, 0.6) is 5.75 Å². The van der Waals surface area contributed by atoms with Crippen LogP contribution in [0.3, 0.4) is 0 Å². The van der Waals surface area contributed by atoms with Crippen LogP contribution in [0.2, 0.25) is 5.02 Å². The number of carbonyl (C=O) groups is 1. The first-order valence-electron chi connectivity index (χ1n) is 5.03. The second-order valence-electron chi connectivity index (χ2n) is 3.63. The van der Waals surface area contributed by atoms with E-state index in [1.165, 1.54) is 0 Å². The van der Waals surface area contributed by atoms with Gasteiger partial charge in [0, 0.05) is 5.56 Å². The molecule has 0 saturated carbocycles. The van der Waals surface area contributed by atoms with Crippen LogP contribution in [0, 0.1) is 0 Å². The highest BCUT2D eigenvalue weighted by molar-refractivity contribution is 8.00. The zero-order valence-corrected chi connectivity index (χ0v) is 11.2. The number of ketones is 1. The standard InChI is InChI=1S/C12H15ClO2S/c1-8(2)16-7-11(14)9-4-5-12(15-3)10(13)6-9/h4-6,8H,7H2,1-3H3. The van der Waals surface area contributed by atoms with E-state index in [2.05, 4.69) is 13.8 Å². The largest absolute Gasteiger partial charge is 0.495 e. The third-order valence-electron chi connectivity index (χ3n) is 2.02. The number of rotatable bonds is 5. The molecule has 88 valence electrons. The van der Waals surface area contributed by atoms with Gasteiger partial charge < -0.3 is 4.74 Å². The van der Waals surface area contributed by atoms with Gasteiger partial charge in [-0.2, -0.15) is 11.8 Å². The number of Topliss-reactive ketones (excluding diaryl/α,β-unsaturated/α-hetero) is 1. The molecule has 0 atom stereocenters. The second-order valence-corrected chi connectivity index (χ2v) is 5.60. The second kappa shape index (κ2) is 6.16. The highest BCUT2D eigenvalue weighted by Gasteiger charge is 2.09. The lowest BCUT2D eigenvalue weighted by atomic mass is 10.1. The molecule has 1 aromatic rings. The van der Waals surface area contributed by atoms with Crippen molar-refractivity contribution in [2.24, 2.45) is 0 Å². The number of thioether (sulfide) groups is 1. The normalized spacial score (nSPS) is 10.6. The lowest BCUT2D eigenvalue weighted by Gasteiger charge is -2.06. The lowest BCUT2D eigenvalue weighted by Crippen LogP contribution is -2.05. The predicted molar refractivity (Wildman–Crippen MR) is 69.9 cm³/mol. The van der Waals surface area contributed by atoms with Gasteiger partial charge in [-0.15, -0.1) is 0 Å². The third-order valence-corrected chi connectivity index (χ3v) is 3.41. The molecule has 0 amide bonds. The van der Waals surface area contributed by atoms with E-state index >= 15 is 0 Å². The van der Waals surface area contributed by atoms with Crippen LogP contribution in [-0.2, 0) is 0 Å². The molecule has 0 heterocycles. The number of methoxy groups -OCH3 is 1. The average molecular weight is 259 g/mol. The fourth-order valence-electron chi connectivity index (χ4n) is 1.17. The molecule has 0 bridgehead atoms. The van der Waals surface area contributed by atoms with Gasteiger partial charge in [0.05, 0.1) is 17.9 Å². The number of hydrogen-bond donors (Lipinski definition) is 0. The zero-order chi connectivity index (χ0) is 12.1. The van der Waals surface area contributed by atoms with E-state index in [1.54, 1.807) is 37.1 Å². The molecule has 0 radical (unpaired) electrons. The maximum atomic E-state index is 11.8.